The molecule has 0 saturated heterocycles. The molecule has 3 N–H and O–H groups in total. The zero-order valence-corrected chi connectivity index (χ0v) is 12.2. The van der Waals surface area contributed by atoms with Gasteiger partial charge >= 0.3 is 0 Å². The number of hydrogen-bond donors (Lipinski definition) is 2. The van der Waals surface area contributed by atoms with Crippen molar-refractivity contribution in [1.82, 2.24) is 10.3 Å². The summed E-state index contributed by atoms with van der Waals surface area (Å²) < 4.78 is 5.47. The lowest BCUT2D eigenvalue weighted by Crippen LogP contribution is -2.24. The molecule has 0 amide bonds. The number of pyridine rings is 1. The van der Waals surface area contributed by atoms with Crippen molar-refractivity contribution < 1.29 is 4.74 Å². The predicted molar refractivity (Wildman–Crippen MR) is 81.9 cm³/mol. The van der Waals surface area contributed by atoms with Gasteiger partial charge in [0.25, 0.3) is 0 Å². The van der Waals surface area contributed by atoms with Crippen LogP contribution < -0.4 is 15.8 Å². The molecule has 0 radical (unpaired) electrons. The van der Waals surface area contributed by atoms with E-state index in [4.69, 9.17) is 10.5 Å². The van der Waals surface area contributed by atoms with Gasteiger partial charge in [-0.3, -0.25) is 0 Å². The van der Waals surface area contributed by atoms with Gasteiger partial charge in [-0.05, 0) is 31.2 Å². The van der Waals surface area contributed by atoms with Crippen LogP contribution in [0.3, 0.4) is 0 Å². The van der Waals surface area contributed by atoms with E-state index in [0.29, 0.717) is 5.82 Å². The average molecular weight is 271 g/mol. The minimum Gasteiger partial charge on any atom is -0.496 e. The summed E-state index contributed by atoms with van der Waals surface area (Å²) in [5.41, 5.74) is 9.29. The number of nitrogens with zero attached hydrogens (tertiary/aromatic N) is 1. The molecule has 4 heteroatoms. The first-order valence-electron chi connectivity index (χ1n) is 6.76. The maximum absolute atomic E-state index is 6.09. The lowest BCUT2D eigenvalue weighted by atomic mass is 9.95. The number of aryl methyl sites for hydroxylation is 1. The van der Waals surface area contributed by atoms with Crippen LogP contribution >= 0.6 is 0 Å². The molecule has 0 bridgehead atoms. The Morgan fingerprint density at radius 2 is 2.05 bits per heavy atom. The molecule has 0 spiro atoms. The van der Waals surface area contributed by atoms with Gasteiger partial charge in [-0.15, -0.1) is 0 Å². The van der Waals surface area contributed by atoms with Gasteiger partial charge in [-0.2, -0.15) is 0 Å². The molecule has 0 fully saturated rings. The minimum atomic E-state index is -0.0233. The molecule has 1 aromatic carbocycles. The number of nitrogen functional groups attached to an aromatic ring is 1. The highest BCUT2D eigenvalue weighted by Gasteiger charge is 2.21. The van der Waals surface area contributed by atoms with Gasteiger partial charge in [0.05, 0.1) is 13.2 Å². The Hall–Kier alpha value is -2.07. The van der Waals surface area contributed by atoms with Crippen molar-refractivity contribution in [3.8, 4) is 5.75 Å². The van der Waals surface area contributed by atoms with Crippen molar-refractivity contribution in [2.45, 2.75) is 19.9 Å². The van der Waals surface area contributed by atoms with Gasteiger partial charge in [0, 0.05) is 17.3 Å². The van der Waals surface area contributed by atoms with E-state index in [0.717, 1.165) is 29.0 Å². The molecule has 0 saturated carbocycles. The fourth-order valence-electron chi connectivity index (χ4n) is 2.44. The molecule has 0 aliphatic carbocycles. The first-order chi connectivity index (χ1) is 9.69. The molecule has 106 valence electrons. The first-order valence-corrected chi connectivity index (χ1v) is 6.76. The summed E-state index contributed by atoms with van der Waals surface area (Å²) >= 11 is 0. The highest BCUT2D eigenvalue weighted by atomic mass is 16.5. The molecule has 1 atom stereocenters. The fraction of sp³-hybridized carbons (Fsp3) is 0.312. The second-order valence-electron chi connectivity index (χ2n) is 4.66. The number of hydrogen-bond acceptors (Lipinski definition) is 4. The van der Waals surface area contributed by atoms with Crippen LogP contribution in [0.5, 0.6) is 5.75 Å². The Morgan fingerprint density at radius 1 is 1.30 bits per heavy atom. The minimum absolute atomic E-state index is 0.0233. The molecule has 2 aromatic rings. The zero-order chi connectivity index (χ0) is 14.5. The monoisotopic (exact) mass is 271 g/mol. The normalized spacial score (nSPS) is 12.2. The number of nitrogens with one attached hydrogen (secondary N) is 1. The lowest BCUT2D eigenvalue weighted by Gasteiger charge is -2.23. The number of aromatic nitrogens is 1. The third-order valence-electron chi connectivity index (χ3n) is 3.39. The highest BCUT2D eigenvalue weighted by Crippen LogP contribution is 2.33. The molecule has 0 aliphatic heterocycles. The van der Waals surface area contributed by atoms with Crippen molar-refractivity contribution in [3.63, 3.8) is 0 Å². The van der Waals surface area contributed by atoms with E-state index in [9.17, 15) is 0 Å². The Morgan fingerprint density at radius 3 is 2.70 bits per heavy atom. The highest BCUT2D eigenvalue weighted by molar-refractivity contribution is 5.52. The van der Waals surface area contributed by atoms with Crippen molar-refractivity contribution in [2.75, 3.05) is 19.4 Å². The van der Waals surface area contributed by atoms with Gasteiger partial charge in [0.1, 0.15) is 11.6 Å². The Bertz CT molecular complexity index is 563. The van der Waals surface area contributed by atoms with Crippen molar-refractivity contribution >= 4 is 5.82 Å². The molecule has 20 heavy (non-hydrogen) atoms. The van der Waals surface area contributed by atoms with E-state index in [1.165, 1.54) is 0 Å². The molecule has 1 aromatic heterocycles. The molecule has 1 heterocycles. The topological polar surface area (TPSA) is 60.2 Å². The smallest absolute Gasteiger partial charge is 0.128 e. The van der Waals surface area contributed by atoms with Gasteiger partial charge in [0.2, 0.25) is 0 Å². The number of rotatable bonds is 5. The van der Waals surface area contributed by atoms with Gasteiger partial charge < -0.3 is 15.8 Å². The zero-order valence-electron chi connectivity index (χ0n) is 12.2. The average Bonchev–Trinajstić information content (AvgIpc) is 2.46. The third kappa shape index (κ3) is 2.75. The Balaban J connectivity index is 2.56. The SMILES string of the molecule is CCNC(c1ccccc1OC)c1c(C)ccnc1N. The number of ether oxygens (including phenoxy) is 1. The first kappa shape index (κ1) is 14.3. The number of para-hydroxylation sites is 1. The summed E-state index contributed by atoms with van der Waals surface area (Å²) in [6, 6.07) is 9.93. The van der Waals surface area contributed by atoms with Gasteiger partial charge in [-0.1, -0.05) is 25.1 Å². The van der Waals surface area contributed by atoms with Crippen LogP contribution in [0.4, 0.5) is 5.82 Å². The van der Waals surface area contributed by atoms with Crippen LogP contribution in [0.15, 0.2) is 36.5 Å². The van der Waals surface area contributed by atoms with E-state index >= 15 is 0 Å². The summed E-state index contributed by atoms with van der Waals surface area (Å²) in [7, 11) is 1.68. The molecular formula is C16H21N3O. The maximum atomic E-state index is 6.09. The second-order valence-corrected chi connectivity index (χ2v) is 4.66. The van der Waals surface area contributed by atoms with Crippen molar-refractivity contribution in [3.05, 3.63) is 53.2 Å². The summed E-state index contributed by atoms with van der Waals surface area (Å²) in [4.78, 5) is 4.22. The molecule has 4 nitrogen and oxygen atoms in total. The lowest BCUT2D eigenvalue weighted by molar-refractivity contribution is 0.404. The van der Waals surface area contributed by atoms with Crippen LogP contribution in [0.1, 0.15) is 29.7 Å². The fourth-order valence-corrected chi connectivity index (χ4v) is 2.44. The summed E-state index contributed by atoms with van der Waals surface area (Å²) in [5, 5.41) is 3.47. The summed E-state index contributed by atoms with van der Waals surface area (Å²) in [6.07, 6.45) is 1.74. The Labute approximate surface area is 120 Å². The Kier molecular flexibility index (Phi) is 4.58. The van der Waals surface area contributed by atoms with Crippen LogP contribution in [-0.4, -0.2) is 18.6 Å². The summed E-state index contributed by atoms with van der Waals surface area (Å²) in [5.74, 6) is 1.41. The maximum Gasteiger partial charge on any atom is 0.128 e. The predicted octanol–water partition coefficient (Wildman–Crippen LogP) is 2.68. The van der Waals surface area contributed by atoms with Crippen molar-refractivity contribution in [2.24, 2.45) is 0 Å². The van der Waals surface area contributed by atoms with Crippen LogP contribution in [0.25, 0.3) is 0 Å². The molecule has 0 aliphatic rings. The number of anilines is 1. The second kappa shape index (κ2) is 6.39. The molecule has 2 rings (SSSR count). The third-order valence-corrected chi connectivity index (χ3v) is 3.39. The van der Waals surface area contributed by atoms with E-state index in [2.05, 4.69) is 23.3 Å². The van der Waals surface area contributed by atoms with E-state index < -0.39 is 0 Å². The van der Waals surface area contributed by atoms with Gasteiger partial charge in [-0.25, -0.2) is 4.98 Å². The van der Waals surface area contributed by atoms with Crippen molar-refractivity contribution in [1.29, 1.82) is 0 Å². The van der Waals surface area contributed by atoms with Crippen LogP contribution in [0.2, 0.25) is 0 Å². The van der Waals surface area contributed by atoms with Gasteiger partial charge in [0.15, 0.2) is 0 Å². The summed E-state index contributed by atoms with van der Waals surface area (Å²) in [6.45, 7) is 4.95. The van der Waals surface area contributed by atoms with E-state index in [1.807, 2.05) is 31.2 Å². The van der Waals surface area contributed by atoms with Crippen LogP contribution in [0, 0.1) is 6.92 Å². The largest absolute Gasteiger partial charge is 0.496 e. The standard InChI is InChI=1S/C16H21N3O/c1-4-18-15(12-7-5-6-8-13(12)20-3)14-11(2)9-10-19-16(14)17/h5-10,15,18H,4H2,1-3H3,(H2,17,19). The van der Waals surface area contributed by atoms with Crippen LogP contribution in [-0.2, 0) is 0 Å². The number of nitrogens with two attached hydrogens (primary N) is 1. The quantitative estimate of drug-likeness (QED) is 0.877. The van der Waals surface area contributed by atoms with E-state index in [-0.39, 0.29) is 6.04 Å². The van der Waals surface area contributed by atoms with E-state index in [1.54, 1.807) is 13.3 Å². The molecule has 1 unspecified atom stereocenters. The number of benzene rings is 1. The number of methoxy groups -OCH3 is 1. The molecular weight excluding hydrogens is 250 g/mol.